The molecule has 33 heteroatoms. The Bertz CT molecular complexity index is 4240. The molecule has 27 nitrogen and oxygen atoms in total. The number of methoxy groups -OCH3 is 3. The summed E-state index contributed by atoms with van der Waals surface area (Å²) in [6.07, 6.45) is 16.4. The minimum absolute atomic E-state index is 0. The molecule has 0 N–H and O–H groups in total. The first-order chi connectivity index (χ1) is 47.8. The van der Waals surface area contributed by atoms with E-state index in [-0.39, 0.29) is 74.9 Å². The van der Waals surface area contributed by atoms with E-state index in [2.05, 4.69) is 45.2 Å². The lowest BCUT2D eigenvalue weighted by molar-refractivity contribution is -0.123. The van der Waals surface area contributed by atoms with Gasteiger partial charge < -0.3 is 28.4 Å². The lowest BCUT2D eigenvalue weighted by Crippen LogP contribution is -2.27. The molecule has 0 spiro atoms. The molecule has 3 saturated heterocycles. The van der Waals surface area contributed by atoms with Gasteiger partial charge in [0.15, 0.2) is 61.9 Å². The summed E-state index contributed by atoms with van der Waals surface area (Å²) in [5.41, 5.74) is 2.17. The number of ether oxygens (including phenoxy) is 6. The average molecular weight is 1490 g/mol. The Morgan fingerprint density at radius 3 is 0.910 bits per heavy atom. The Morgan fingerprint density at radius 1 is 0.410 bits per heavy atom. The Hall–Kier alpha value is -7.11. The first kappa shape index (κ1) is 72.7. The predicted molar refractivity (Wildman–Crippen MR) is 374 cm³/mol. The zero-order valence-electron chi connectivity index (χ0n) is 55.0. The van der Waals surface area contributed by atoms with Crippen LogP contribution in [0.4, 0.5) is 0 Å². The predicted octanol–water partition coefficient (Wildman–Crippen LogP) is 9.64. The molecule has 0 aromatic carbocycles. The molecule has 6 fully saturated rings. The van der Waals surface area contributed by atoms with Crippen molar-refractivity contribution >= 4 is 112 Å². The zero-order valence-corrected chi connectivity index (χ0v) is 59.9. The topological polar surface area (TPSA) is 340 Å². The van der Waals surface area contributed by atoms with E-state index in [9.17, 15) is 39.6 Å². The fourth-order valence-corrected chi connectivity index (χ4v) is 20.0. The molecule has 3 atom stereocenters. The molecule has 9 aromatic heterocycles. The third-order valence-corrected chi connectivity index (χ3v) is 28.1. The Morgan fingerprint density at radius 2 is 0.670 bits per heavy atom. The van der Waals surface area contributed by atoms with Crippen LogP contribution < -0.4 is 14.2 Å². The first-order valence-electron chi connectivity index (χ1n) is 33.4. The monoisotopic (exact) mass is 1490 g/mol. The second kappa shape index (κ2) is 31.6. The van der Waals surface area contributed by atoms with Gasteiger partial charge in [-0.15, -0.1) is 0 Å². The van der Waals surface area contributed by atoms with Gasteiger partial charge in [-0.2, -0.15) is 15.3 Å². The summed E-state index contributed by atoms with van der Waals surface area (Å²) in [6.45, 7) is 4.07. The van der Waals surface area contributed by atoms with Crippen molar-refractivity contribution in [2.24, 2.45) is 17.8 Å². The van der Waals surface area contributed by atoms with Crippen molar-refractivity contribution in [3.05, 3.63) is 88.2 Å². The van der Waals surface area contributed by atoms with Crippen molar-refractivity contribution in [1.29, 1.82) is 0 Å². The van der Waals surface area contributed by atoms with Gasteiger partial charge >= 0.3 is 0 Å². The molecule has 0 amide bonds. The SMILES string of the molecule is C.COc1ccc2nc(CC(=O)C(CC3CCOCC3)n3ccc(S(=O)(=O)C4CC4)n3)sc2n1.COc1ccc2nc(CC(=O)[C@@H](CC3CCOCC3)n3ccc(S(=O)(=O)C4CC4)n3)sc2n1.COc1ccc2nc(CC(=O)[C@H](CC3CCOCC3)n3ccc(S(=O)(=O)C4CC4)n3)sc2n1. The minimum atomic E-state index is -3.41. The average Bonchev–Trinajstić information content (AvgIpc) is 1.64. The Balaban J connectivity index is 0.000000141. The maximum Gasteiger partial charge on any atom is 0.214 e. The third kappa shape index (κ3) is 17.3. The summed E-state index contributed by atoms with van der Waals surface area (Å²) < 4.78 is 112. The summed E-state index contributed by atoms with van der Waals surface area (Å²) >= 11 is 4.10. The number of sulfone groups is 3. The smallest absolute Gasteiger partial charge is 0.214 e. The molecular weight excluding hydrogens is 1410 g/mol. The van der Waals surface area contributed by atoms with Gasteiger partial charge in [-0.05, 0) is 150 Å². The number of aromatic nitrogens is 12. The number of hydrogen-bond acceptors (Lipinski definition) is 27. The fourth-order valence-electron chi connectivity index (χ4n) is 12.5. The molecule has 3 saturated carbocycles. The highest BCUT2D eigenvalue weighted by atomic mass is 32.2. The summed E-state index contributed by atoms with van der Waals surface area (Å²) in [5.74, 6) is 2.36. The normalized spacial score (nSPS) is 18.3. The van der Waals surface area contributed by atoms with Crippen LogP contribution in [0.15, 0.2) is 88.3 Å². The van der Waals surface area contributed by atoms with E-state index < -0.39 is 47.6 Å². The van der Waals surface area contributed by atoms with Gasteiger partial charge in [-0.25, -0.2) is 55.2 Å². The number of carbonyl (C=O) groups is 3. The number of hydrogen-bond donors (Lipinski definition) is 0. The molecule has 6 aliphatic rings. The summed E-state index contributed by atoms with van der Waals surface area (Å²) in [6, 6.07) is 13.6. The molecule has 12 heterocycles. The highest BCUT2D eigenvalue weighted by molar-refractivity contribution is 7.92. The summed E-state index contributed by atoms with van der Waals surface area (Å²) in [4.78, 5) is 69.4. The van der Waals surface area contributed by atoms with Crippen LogP contribution in [0.25, 0.3) is 31.0 Å². The molecule has 15 rings (SSSR count). The number of Topliss-reactive ketones (excluding diaryl/α,β-unsaturated/α-hetero) is 3. The van der Waals surface area contributed by atoms with Gasteiger partial charge in [-0.1, -0.05) is 41.4 Å². The second-order valence-corrected chi connectivity index (χ2v) is 35.6. The number of rotatable bonds is 27. The zero-order chi connectivity index (χ0) is 69.0. The number of fused-ring (bicyclic) bond motifs is 3. The number of thiazole rings is 3. The van der Waals surface area contributed by atoms with Gasteiger partial charge in [0.2, 0.25) is 17.6 Å². The number of pyridine rings is 3. The second-order valence-electron chi connectivity index (χ2n) is 25.8. The van der Waals surface area contributed by atoms with Crippen LogP contribution in [-0.2, 0) is 77.4 Å². The van der Waals surface area contributed by atoms with E-state index in [1.165, 1.54) is 52.2 Å². The lowest BCUT2D eigenvalue weighted by atomic mass is 9.90. The van der Waals surface area contributed by atoms with Crippen molar-refractivity contribution in [1.82, 2.24) is 59.2 Å². The van der Waals surface area contributed by atoms with Gasteiger partial charge in [-0.3, -0.25) is 28.4 Å². The van der Waals surface area contributed by atoms with E-state index in [4.69, 9.17) is 28.4 Å². The van der Waals surface area contributed by atoms with E-state index in [0.29, 0.717) is 148 Å². The van der Waals surface area contributed by atoms with Crippen LogP contribution >= 0.6 is 34.0 Å². The Labute approximate surface area is 591 Å². The maximum atomic E-state index is 13.5. The number of ketones is 3. The molecule has 0 radical (unpaired) electrons. The molecule has 0 bridgehead atoms. The molecule has 9 aromatic rings. The highest BCUT2D eigenvalue weighted by Crippen LogP contribution is 2.39. The quantitative estimate of drug-likeness (QED) is 0.0462. The maximum absolute atomic E-state index is 13.5. The molecule has 536 valence electrons. The highest BCUT2D eigenvalue weighted by Gasteiger charge is 2.42. The van der Waals surface area contributed by atoms with E-state index in [1.807, 2.05) is 18.2 Å². The largest absolute Gasteiger partial charge is 0.481 e. The first-order valence-corrected chi connectivity index (χ1v) is 40.5. The standard InChI is InChI=1S/3C22H26N4O5S2.CH4/c3*1-30-19-5-4-16-22(24-19)32-20(23-16)13-18(27)17(12-14-7-10-31-11-8-14)26-9-6-21(25-26)33(28,29)15-2-3-15;/h3*4-6,9,14-15,17H,2-3,7-8,10-13H2,1H3;1H4/t2*17-;;/m10../s1. The van der Waals surface area contributed by atoms with Gasteiger partial charge in [0.05, 0.1) is 56.3 Å². The lowest BCUT2D eigenvalue weighted by Gasteiger charge is -2.26. The number of carbonyl (C=O) groups excluding carboxylic acids is 3. The third-order valence-electron chi connectivity index (χ3n) is 18.7. The van der Waals surface area contributed by atoms with E-state index in [1.54, 1.807) is 72.2 Å². The van der Waals surface area contributed by atoms with Crippen LogP contribution in [0.3, 0.4) is 0 Å². The van der Waals surface area contributed by atoms with Gasteiger partial charge in [0.25, 0.3) is 0 Å². The molecular formula is C67H82N12O15S6. The fraction of sp³-hybridized carbons (Fsp3) is 0.552. The van der Waals surface area contributed by atoms with Crippen LogP contribution in [0.1, 0.15) is 137 Å². The Kier molecular flexibility index (Phi) is 23.0. The van der Waals surface area contributed by atoms with Crippen LogP contribution in [0.2, 0.25) is 0 Å². The van der Waals surface area contributed by atoms with Crippen molar-refractivity contribution in [2.45, 2.75) is 172 Å². The van der Waals surface area contributed by atoms with Crippen molar-refractivity contribution in [3.8, 4) is 17.6 Å². The van der Waals surface area contributed by atoms with Crippen LogP contribution in [-0.4, -0.2) is 179 Å². The molecule has 3 aliphatic heterocycles. The van der Waals surface area contributed by atoms with Crippen molar-refractivity contribution in [3.63, 3.8) is 0 Å². The van der Waals surface area contributed by atoms with Crippen molar-refractivity contribution in [2.75, 3.05) is 61.0 Å². The van der Waals surface area contributed by atoms with Crippen LogP contribution in [0, 0.1) is 17.8 Å². The van der Waals surface area contributed by atoms with Gasteiger partial charge in [0, 0.05) is 76.4 Å². The summed E-state index contributed by atoms with van der Waals surface area (Å²) in [7, 11) is -5.57. The van der Waals surface area contributed by atoms with Gasteiger partial charge in [0.1, 0.15) is 64.2 Å². The summed E-state index contributed by atoms with van der Waals surface area (Å²) in [5, 5.41) is 14.3. The van der Waals surface area contributed by atoms with Crippen LogP contribution in [0.5, 0.6) is 17.6 Å². The number of nitrogens with zero attached hydrogens (tertiary/aromatic N) is 12. The molecule has 3 aliphatic carbocycles. The van der Waals surface area contributed by atoms with Crippen molar-refractivity contribution < 1.29 is 68.1 Å². The molecule has 100 heavy (non-hydrogen) atoms. The van der Waals surface area contributed by atoms with E-state index >= 15 is 0 Å². The minimum Gasteiger partial charge on any atom is -0.481 e. The van der Waals surface area contributed by atoms with E-state index in [0.717, 1.165) is 69.6 Å². The molecule has 1 unspecified atom stereocenters.